The first-order valence-electron chi connectivity index (χ1n) is 9.17. The zero-order valence-electron chi connectivity index (χ0n) is 15.8. The van der Waals surface area contributed by atoms with Crippen LogP contribution in [0.2, 0.25) is 0 Å². The number of nitrogens with one attached hydrogen (secondary N) is 2. The number of rotatable bonds is 5. The van der Waals surface area contributed by atoms with Crippen LogP contribution in [0.4, 0.5) is 11.4 Å². The lowest BCUT2D eigenvalue weighted by atomic mass is 9.85. The molecule has 1 fully saturated rings. The Kier molecular flexibility index (Phi) is 7.84. The van der Waals surface area contributed by atoms with Crippen LogP contribution < -0.4 is 21.1 Å². The molecule has 2 amide bonds. The first kappa shape index (κ1) is 21.7. The summed E-state index contributed by atoms with van der Waals surface area (Å²) < 4.78 is 5.10. The van der Waals surface area contributed by atoms with Crippen LogP contribution in [0.5, 0.6) is 5.75 Å². The highest BCUT2D eigenvalue weighted by Gasteiger charge is 2.25. The second-order valence-corrected chi connectivity index (χ2v) is 6.87. The van der Waals surface area contributed by atoms with E-state index >= 15 is 0 Å². The summed E-state index contributed by atoms with van der Waals surface area (Å²) in [5.74, 6) is 0.482. The largest absolute Gasteiger partial charge is 0.497 e. The van der Waals surface area contributed by atoms with E-state index in [9.17, 15) is 9.59 Å². The van der Waals surface area contributed by atoms with Crippen molar-refractivity contribution in [3.8, 4) is 5.75 Å². The molecule has 28 heavy (non-hydrogen) atoms. The molecule has 0 radical (unpaired) electrons. The van der Waals surface area contributed by atoms with E-state index in [1.54, 1.807) is 55.6 Å². The van der Waals surface area contributed by atoms with Gasteiger partial charge in [0, 0.05) is 28.9 Å². The molecule has 2 unspecified atom stereocenters. The van der Waals surface area contributed by atoms with Crippen LogP contribution in [0.15, 0.2) is 48.5 Å². The summed E-state index contributed by atoms with van der Waals surface area (Å²) in [6, 6.07) is 14.1. The van der Waals surface area contributed by atoms with Crippen molar-refractivity contribution in [3.05, 3.63) is 54.1 Å². The summed E-state index contributed by atoms with van der Waals surface area (Å²) in [7, 11) is 1.59. The molecule has 0 saturated heterocycles. The summed E-state index contributed by atoms with van der Waals surface area (Å²) >= 11 is 0. The Labute approximate surface area is 171 Å². The fourth-order valence-electron chi connectivity index (χ4n) is 3.29. The van der Waals surface area contributed by atoms with Crippen molar-refractivity contribution in [2.24, 2.45) is 11.7 Å². The van der Waals surface area contributed by atoms with Gasteiger partial charge in [0.2, 0.25) is 5.91 Å². The van der Waals surface area contributed by atoms with E-state index in [4.69, 9.17) is 10.5 Å². The zero-order valence-corrected chi connectivity index (χ0v) is 16.6. The average Bonchev–Trinajstić information content (AvgIpc) is 2.69. The minimum atomic E-state index is -0.212. The molecule has 0 aliphatic heterocycles. The first-order valence-corrected chi connectivity index (χ1v) is 9.17. The van der Waals surface area contributed by atoms with Crippen molar-refractivity contribution in [2.45, 2.75) is 31.7 Å². The first-order chi connectivity index (χ1) is 13.0. The van der Waals surface area contributed by atoms with E-state index in [1.807, 2.05) is 0 Å². The van der Waals surface area contributed by atoms with Gasteiger partial charge in [0.25, 0.3) is 5.91 Å². The molecule has 1 saturated carbocycles. The van der Waals surface area contributed by atoms with Gasteiger partial charge in [-0.3, -0.25) is 9.59 Å². The number of anilines is 2. The van der Waals surface area contributed by atoms with Gasteiger partial charge >= 0.3 is 0 Å². The van der Waals surface area contributed by atoms with Crippen LogP contribution in [0.1, 0.15) is 36.0 Å². The molecule has 1 aliphatic rings. The second-order valence-electron chi connectivity index (χ2n) is 6.87. The summed E-state index contributed by atoms with van der Waals surface area (Å²) in [6.07, 6.45) is 3.58. The predicted octanol–water partition coefficient (Wildman–Crippen LogP) is 3.83. The van der Waals surface area contributed by atoms with E-state index in [2.05, 4.69) is 10.6 Å². The monoisotopic (exact) mass is 403 g/mol. The Morgan fingerprint density at radius 2 is 1.57 bits per heavy atom. The normalized spacial score (nSPS) is 18.5. The molecule has 2 aromatic rings. The molecule has 0 spiro atoms. The maximum absolute atomic E-state index is 12.4. The van der Waals surface area contributed by atoms with Crippen LogP contribution in [-0.4, -0.2) is 25.0 Å². The van der Waals surface area contributed by atoms with Gasteiger partial charge in [-0.15, -0.1) is 12.4 Å². The Morgan fingerprint density at radius 1 is 0.964 bits per heavy atom. The molecule has 0 aromatic heterocycles. The maximum Gasteiger partial charge on any atom is 0.255 e. The van der Waals surface area contributed by atoms with Crippen molar-refractivity contribution in [1.29, 1.82) is 0 Å². The second kappa shape index (κ2) is 10.1. The SMILES string of the molecule is COc1ccc(NC(=O)c2ccc(NC(=O)C3CCCC(N)C3)cc2)cc1.Cl. The lowest BCUT2D eigenvalue weighted by Crippen LogP contribution is -2.34. The molecule has 3 rings (SSSR count). The number of hydrogen-bond acceptors (Lipinski definition) is 4. The van der Waals surface area contributed by atoms with Crippen LogP contribution >= 0.6 is 12.4 Å². The van der Waals surface area contributed by atoms with Gasteiger partial charge in [-0.2, -0.15) is 0 Å². The van der Waals surface area contributed by atoms with Gasteiger partial charge in [-0.1, -0.05) is 6.42 Å². The van der Waals surface area contributed by atoms with E-state index in [0.717, 1.165) is 31.4 Å². The number of nitrogens with two attached hydrogens (primary N) is 1. The highest BCUT2D eigenvalue weighted by Crippen LogP contribution is 2.24. The fourth-order valence-corrected chi connectivity index (χ4v) is 3.29. The predicted molar refractivity (Wildman–Crippen MR) is 113 cm³/mol. The minimum absolute atomic E-state index is 0. The molecular formula is C21H26ClN3O3. The van der Waals surface area contributed by atoms with Crippen LogP contribution in [0.3, 0.4) is 0 Å². The highest BCUT2D eigenvalue weighted by atomic mass is 35.5. The van der Waals surface area contributed by atoms with Crippen molar-refractivity contribution < 1.29 is 14.3 Å². The Bertz CT molecular complexity index is 794. The lowest BCUT2D eigenvalue weighted by molar-refractivity contribution is -0.120. The molecule has 2 aromatic carbocycles. The van der Waals surface area contributed by atoms with Crippen LogP contribution in [0, 0.1) is 5.92 Å². The van der Waals surface area contributed by atoms with Crippen LogP contribution in [-0.2, 0) is 4.79 Å². The number of ether oxygens (including phenoxy) is 1. The summed E-state index contributed by atoms with van der Waals surface area (Å²) in [4.78, 5) is 24.7. The van der Waals surface area contributed by atoms with Gasteiger partial charge in [-0.05, 0) is 67.8 Å². The Balaban J connectivity index is 0.00000280. The third kappa shape index (κ3) is 5.71. The van der Waals surface area contributed by atoms with Crippen LogP contribution in [0.25, 0.3) is 0 Å². The Morgan fingerprint density at radius 3 is 2.18 bits per heavy atom. The Hall–Kier alpha value is -2.57. The molecule has 1 aliphatic carbocycles. The van der Waals surface area contributed by atoms with Gasteiger partial charge in [0.15, 0.2) is 0 Å². The summed E-state index contributed by atoms with van der Waals surface area (Å²) in [5.41, 5.74) is 7.84. The summed E-state index contributed by atoms with van der Waals surface area (Å²) in [5, 5.41) is 5.75. The van der Waals surface area contributed by atoms with E-state index in [0.29, 0.717) is 16.9 Å². The molecule has 7 heteroatoms. The third-order valence-electron chi connectivity index (χ3n) is 4.85. The highest BCUT2D eigenvalue weighted by molar-refractivity contribution is 6.04. The molecule has 6 nitrogen and oxygen atoms in total. The van der Waals surface area contributed by atoms with Crippen molar-refractivity contribution >= 4 is 35.6 Å². The molecule has 4 N–H and O–H groups in total. The number of hydrogen-bond donors (Lipinski definition) is 3. The number of benzene rings is 2. The number of carbonyl (C=O) groups is 2. The van der Waals surface area contributed by atoms with E-state index < -0.39 is 0 Å². The van der Waals surface area contributed by atoms with Gasteiger partial charge < -0.3 is 21.1 Å². The molecule has 0 heterocycles. The maximum atomic E-state index is 12.4. The summed E-state index contributed by atoms with van der Waals surface area (Å²) in [6.45, 7) is 0. The zero-order chi connectivity index (χ0) is 19.2. The smallest absolute Gasteiger partial charge is 0.255 e. The van der Waals surface area contributed by atoms with E-state index in [-0.39, 0.29) is 36.2 Å². The number of halogens is 1. The molecule has 2 atom stereocenters. The van der Waals surface area contributed by atoms with Crippen molar-refractivity contribution in [2.75, 3.05) is 17.7 Å². The van der Waals surface area contributed by atoms with Gasteiger partial charge in [0.05, 0.1) is 7.11 Å². The van der Waals surface area contributed by atoms with Gasteiger partial charge in [0.1, 0.15) is 5.75 Å². The number of methoxy groups -OCH3 is 1. The number of amides is 2. The van der Waals surface area contributed by atoms with Crippen molar-refractivity contribution in [3.63, 3.8) is 0 Å². The topological polar surface area (TPSA) is 93.5 Å². The number of carbonyl (C=O) groups excluding carboxylic acids is 2. The quantitative estimate of drug-likeness (QED) is 0.707. The molecule has 0 bridgehead atoms. The van der Waals surface area contributed by atoms with Gasteiger partial charge in [-0.25, -0.2) is 0 Å². The molecule has 150 valence electrons. The third-order valence-corrected chi connectivity index (χ3v) is 4.85. The average molecular weight is 404 g/mol. The van der Waals surface area contributed by atoms with Crippen molar-refractivity contribution in [1.82, 2.24) is 0 Å². The molecular weight excluding hydrogens is 378 g/mol. The fraction of sp³-hybridized carbons (Fsp3) is 0.333. The van der Waals surface area contributed by atoms with E-state index in [1.165, 1.54) is 0 Å². The lowest BCUT2D eigenvalue weighted by Gasteiger charge is -2.25. The standard InChI is InChI=1S/C21H25N3O3.ClH/c1-27-19-11-9-18(10-12-19)23-20(25)14-5-7-17(8-6-14)24-21(26)15-3-2-4-16(22)13-15;/h5-12,15-16H,2-4,13,22H2,1H3,(H,23,25)(H,24,26);1H. The minimum Gasteiger partial charge on any atom is -0.497 e.